The highest BCUT2D eigenvalue weighted by Crippen LogP contribution is 2.25. The van der Waals surface area contributed by atoms with Crippen LogP contribution in [0, 0.1) is 0 Å². The molecule has 0 unspecified atom stereocenters. The monoisotopic (exact) mass is 217 g/mol. The van der Waals surface area contributed by atoms with Crippen LogP contribution in [0.25, 0.3) is 10.8 Å². The molecular weight excluding hydrogens is 202 g/mol. The highest BCUT2D eigenvalue weighted by molar-refractivity contribution is 7.97. The molecule has 15 heavy (non-hydrogen) atoms. The Kier molecular flexibility index (Phi) is 3.64. The van der Waals surface area contributed by atoms with Crippen LogP contribution in [0.3, 0.4) is 0 Å². The molecule has 0 aliphatic carbocycles. The predicted octanol–water partition coefficient (Wildman–Crippen LogP) is 3.85. The van der Waals surface area contributed by atoms with Crippen molar-refractivity contribution in [2.45, 2.75) is 18.2 Å². The van der Waals surface area contributed by atoms with Crippen molar-refractivity contribution in [2.75, 3.05) is 6.54 Å². The van der Waals surface area contributed by atoms with Gasteiger partial charge in [0.05, 0.1) is 0 Å². The smallest absolute Gasteiger partial charge is 0.0306 e. The second-order valence-electron chi connectivity index (χ2n) is 3.47. The van der Waals surface area contributed by atoms with E-state index in [0.717, 1.165) is 13.0 Å². The maximum atomic E-state index is 3.36. The van der Waals surface area contributed by atoms with Crippen LogP contribution in [0.1, 0.15) is 13.3 Å². The first-order valence-electron chi connectivity index (χ1n) is 5.29. The molecule has 0 saturated carbocycles. The Morgan fingerprint density at radius 3 is 2.73 bits per heavy atom. The van der Waals surface area contributed by atoms with Crippen LogP contribution in [-0.4, -0.2) is 6.54 Å². The van der Waals surface area contributed by atoms with Crippen LogP contribution < -0.4 is 4.72 Å². The second kappa shape index (κ2) is 5.19. The van der Waals surface area contributed by atoms with Gasteiger partial charge in [0.1, 0.15) is 0 Å². The number of hydrogen-bond donors (Lipinski definition) is 1. The third-order valence-electron chi connectivity index (χ3n) is 2.28. The molecule has 2 aromatic rings. The normalized spacial score (nSPS) is 10.7. The molecule has 0 radical (unpaired) electrons. The lowest BCUT2D eigenvalue weighted by atomic mass is 10.1. The summed E-state index contributed by atoms with van der Waals surface area (Å²) in [7, 11) is 0. The van der Waals surface area contributed by atoms with Gasteiger partial charge in [-0.15, -0.1) is 0 Å². The van der Waals surface area contributed by atoms with E-state index >= 15 is 0 Å². The molecule has 0 bridgehead atoms. The molecular formula is C13H15NS. The molecule has 0 aromatic heterocycles. The van der Waals surface area contributed by atoms with E-state index in [0.29, 0.717) is 0 Å². The van der Waals surface area contributed by atoms with E-state index in [-0.39, 0.29) is 0 Å². The molecule has 0 saturated heterocycles. The lowest BCUT2D eigenvalue weighted by molar-refractivity contribution is 0.878. The van der Waals surface area contributed by atoms with Gasteiger partial charge in [0.2, 0.25) is 0 Å². The van der Waals surface area contributed by atoms with Gasteiger partial charge in [-0.05, 0) is 35.2 Å². The molecule has 0 aliphatic heterocycles. The van der Waals surface area contributed by atoms with Gasteiger partial charge < -0.3 is 0 Å². The van der Waals surface area contributed by atoms with E-state index in [1.54, 1.807) is 11.9 Å². The lowest BCUT2D eigenvalue weighted by Gasteiger charge is -2.06. The third-order valence-corrected chi connectivity index (χ3v) is 3.21. The topological polar surface area (TPSA) is 12.0 Å². The van der Waals surface area contributed by atoms with Gasteiger partial charge in [-0.3, -0.25) is 4.72 Å². The Balaban J connectivity index is 2.26. The molecule has 0 spiro atoms. The van der Waals surface area contributed by atoms with Gasteiger partial charge >= 0.3 is 0 Å². The van der Waals surface area contributed by atoms with Gasteiger partial charge in [-0.1, -0.05) is 43.3 Å². The molecule has 1 nitrogen and oxygen atoms in total. The van der Waals surface area contributed by atoms with Crippen molar-refractivity contribution in [1.82, 2.24) is 4.72 Å². The van der Waals surface area contributed by atoms with Crippen LogP contribution in [-0.2, 0) is 0 Å². The first-order valence-corrected chi connectivity index (χ1v) is 6.11. The van der Waals surface area contributed by atoms with Gasteiger partial charge in [0.25, 0.3) is 0 Å². The van der Waals surface area contributed by atoms with Gasteiger partial charge in [0, 0.05) is 11.4 Å². The number of hydrogen-bond acceptors (Lipinski definition) is 2. The summed E-state index contributed by atoms with van der Waals surface area (Å²) in [6.07, 6.45) is 1.16. The summed E-state index contributed by atoms with van der Waals surface area (Å²) < 4.78 is 3.36. The van der Waals surface area contributed by atoms with Crippen molar-refractivity contribution >= 4 is 22.7 Å². The summed E-state index contributed by atoms with van der Waals surface area (Å²) in [6, 6.07) is 14.9. The van der Waals surface area contributed by atoms with E-state index < -0.39 is 0 Å². The highest BCUT2D eigenvalue weighted by Gasteiger charge is 1.99. The summed E-state index contributed by atoms with van der Waals surface area (Å²) in [5, 5.41) is 2.63. The molecule has 2 heteroatoms. The molecule has 2 rings (SSSR count). The fraction of sp³-hybridized carbons (Fsp3) is 0.231. The molecule has 0 amide bonds. The second-order valence-corrected chi connectivity index (χ2v) is 4.41. The standard InChI is InChI=1S/C13H15NS/c1-2-10-14-15-13-9-5-7-11-6-3-4-8-12(11)13/h3-9,14H,2,10H2,1H3. The Hall–Kier alpha value is -0.990. The Morgan fingerprint density at radius 1 is 1.07 bits per heavy atom. The minimum Gasteiger partial charge on any atom is -0.260 e. The van der Waals surface area contributed by atoms with Gasteiger partial charge in [-0.2, -0.15) is 0 Å². The van der Waals surface area contributed by atoms with Crippen molar-refractivity contribution in [3.63, 3.8) is 0 Å². The van der Waals surface area contributed by atoms with E-state index in [9.17, 15) is 0 Å². The van der Waals surface area contributed by atoms with Crippen molar-refractivity contribution < 1.29 is 0 Å². The summed E-state index contributed by atoms with van der Waals surface area (Å²) in [6.45, 7) is 3.23. The van der Waals surface area contributed by atoms with Crippen LogP contribution in [0.4, 0.5) is 0 Å². The summed E-state index contributed by atoms with van der Waals surface area (Å²) in [5.74, 6) is 0. The van der Waals surface area contributed by atoms with Crippen molar-refractivity contribution in [2.24, 2.45) is 0 Å². The Morgan fingerprint density at radius 2 is 1.87 bits per heavy atom. The fourth-order valence-corrected chi connectivity index (χ4v) is 2.42. The third kappa shape index (κ3) is 2.52. The van der Waals surface area contributed by atoms with Crippen molar-refractivity contribution in [3.05, 3.63) is 42.5 Å². The number of fused-ring (bicyclic) bond motifs is 1. The van der Waals surface area contributed by atoms with E-state index in [2.05, 4.69) is 54.1 Å². The van der Waals surface area contributed by atoms with Crippen molar-refractivity contribution in [1.29, 1.82) is 0 Å². The first kappa shape index (κ1) is 10.5. The molecule has 1 N–H and O–H groups in total. The molecule has 0 aliphatic rings. The van der Waals surface area contributed by atoms with E-state index in [1.165, 1.54) is 15.7 Å². The molecule has 0 heterocycles. The first-order chi connectivity index (χ1) is 7.42. The van der Waals surface area contributed by atoms with Crippen LogP contribution in [0.15, 0.2) is 47.4 Å². The lowest BCUT2D eigenvalue weighted by Crippen LogP contribution is -2.03. The van der Waals surface area contributed by atoms with Crippen molar-refractivity contribution in [3.8, 4) is 0 Å². The summed E-state index contributed by atoms with van der Waals surface area (Å²) in [5.41, 5.74) is 0. The largest absolute Gasteiger partial charge is 0.260 e. The zero-order valence-electron chi connectivity index (χ0n) is 8.86. The fourth-order valence-electron chi connectivity index (χ4n) is 1.52. The van der Waals surface area contributed by atoms with Gasteiger partial charge in [-0.25, -0.2) is 0 Å². The van der Waals surface area contributed by atoms with E-state index in [4.69, 9.17) is 0 Å². The minimum absolute atomic E-state index is 1.05. The number of benzene rings is 2. The Labute approximate surface area is 95.0 Å². The SMILES string of the molecule is CCCNSc1cccc2ccccc12. The molecule has 78 valence electrons. The van der Waals surface area contributed by atoms with Crippen LogP contribution in [0.5, 0.6) is 0 Å². The van der Waals surface area contributed by atoms with E-state index in [1.807, 2.05) is 0 Å². The maximum absolute atomic E-state index is 3.36. The summed E-state index contributed by atoms with van der Waals surface area (Å²) in [4.78, 5) is 1.31. The average Bonchev–Trinajstić information content (AvgIpc) is 2.30. The molecule has 0 atom stereocenters. The number of rotatable bonds is 4. The van der Waals surface area contributed by atoms with Crippen LogP contribution >= 0.6 is 11.9 Å². The maximum Gasteiger partial charge on any atom is 0.0306 e. The van der Waals surface area contributed by atoms with Crippen LogP contribution in [0.2, 0.25) is 0 Å². The average molecular weight is 217 g/mol. The highest BCUT2D eigenvalue weighted by atomic mass is 32.2. The quantitative estimate of drug-likeness (QED) is 0.616. The molecule has 2 aromatic carbocycles. The molecule has 0 fully saturated rings. The number of nitrogens with one attached hydrogen (secondary N) is 1. The van der Waals surface area contributed by atoms with Gasteiger partial charge in [0.15, 0.2) is 0 Å². The zero-order chi connectivity index (χ0) is 10.5. The Bertz CT molecular complexity index is 434. The zero-order valence-corrected chi connectivity index (χ0v) is 9.68. The summed E-state index contributed by atoms with van der Waals surface area (Å²) >= 11 is 1.72. The predicted molar refractivity (Wildman–Crippen MR) is 68.1 cm³/mol. The minimum atomic E-state index is 1.05.